The van der Waals surface area contributed by atoms with Gasteiger partial charge >= 0.3 is 12.3 Å². The molecule has 116 valence electrons. The van der Waals surface area contributed by atoms with Crippen LogP contribution in [0.4, 0.5) is 18.0 Å². The van der Waals surface area contributed by atoms with E-state index in [2.05, 4.69) is 5.32 Å². The van der Waals surface area contributed by atoms with Crippen LogP contribution in [0.15, 0.2) is 0 Å². The Morgan fingerprint density at radius 1 is 1.35 bits per heavy atom. The van der Waals surface area contributed by atoms with Gasteiger partial charge in [-0.25, -0.2) is 4.79 Å². The standard InChI is InChI=1S/C12H19F3N2O3/c1-3-20-11(19)16-10-4-9(5-12(13,14)15)6-17(7-10)8(2)18/h9-10H,3-7H2,1-2H3,(H,16,19). The fourth-order valence-corrected chi connectivity index (χ4v) is 2.38. The summed E-state index contributed by atoms with van der Waals surface area (Å²) < 4.78 is 42.1. The van der Waals surface area contributed by atoms with Crippen molar-refractivity contribution < 1.29 is 27.5 Å². The Morgan fingerprint density at radius 3 is 2.50 bits per heavy atom. The molecule has 2 atom stereocenters. The molecule has 0 bridgehead atoms. The van der Waals surface area contributed by atoms with Crippen LogP contribution >= 0.6 is 0 Å². The number of alkyl carbamates (subject to hydrolysis) is 1. The van der Waals surface area contributed by atoms with Gasteiger partial charge in [0.05, 0.1) is 12.6 Å². The number of rotatable bonds is 3. The highest BCUT2D eigenvalue weighted by atomic mass is 19.4. The first-order valence-electron chi connectivity index (χ1n) is 6.46. The van der Waals surface area contributed by atoms with E-state index in [4.69, 9.17) is 4.74 Å². The van der Waals surface area contributed by atoms with Crippen LogP contribution in [0.2, 0.25) is 0 Å². The summed E-state index contributed by atoms with van der Waals surface area (Å²) in [5.74, 6) is -1.01. The summed E-state index contributed by atoms with van der Waals surface area (Å²) in [6.45, 7) is 3.39. The number of carbonyl (C=O) groups excluding carboxylic acids is 2. The first-order valence-corrected chi connectivity index (χ1v) is 6.46. The molecule has 1 aliphatic rings. The summed E-state index contributed by atoms with van der Waals surface area (Å²) >= 11 is 0. The predicted octanol–water partition coefficient (Wildman–Crippen LogP) is 1.92. The summed E-state index contributed by atoms with van der Waals surface area (Å²) in [5.41, 5.74) is 0. The molecular weight excluding hydrogens is 277 g/mol. The van der Waals surface area contributed by atoms with E-state index >= 15 is 0 Å². The van der Waals surface area contributed by atoms with Crippen LogP contribution < -0.4 is 5.32 Å². The van der Waals surface area contributed by atoms with Gasteiger partial charge in [-0.3, -0.25) is 4.79 Å². The zero-order valence-electron chi connectivity index (χ0n) is 11.5. The molecule has 8 heteroatoms. The third-order valence-corrected chi connectivity index (χ3v) is 3.10. The van der Waals surface area contributed by atoms with Crippen LogP contribution in [0, 0.1) is 5.92 Å². The van der Waals surface area contributed by atoms with Crippen LogP contribution in [0.5, 0.6) is 0 Å². The Labute approximate surface area is 115 Å². The minimum absolute atomic E-state index is 0.0653. The third-order valence-electron chi connectivity index (χ3n) is 3.10. The van der Waals surface area contributed by atoms with E-state index in [1.54, 1.807) is 6.92 Å². The Morgan fingerprint density at radius 2 is 2.00 bits per heavy atom. The van der Waals surface area contributed by atoms with E-state index in [1.165, 1.54) is 11.8 Å². The number of nitrogens with zero attached hydrogens (tertiary/aromatic N) is 1. The molecule has 2 amide bonds. The van der Waals surface area contributed by atoms with Gasteiger partial charge in [0.1, 0.15) is 0 Å². The van der Waals surface area contributed by atoms with Crippen LogP contribution in [0.3, 0.4) is 0 Å². The largest absolute Gasteiger partial charge is 0.450 e. The van der Waals surface area contributed by atoms with Crippen molar-refractivity contribution in [2.45, 2.75) is 38.9 Å². The molecule has 1 N–H and O–H groups in total. The number of likely N-dealkylation sites (tertiary alicyclic amines) is 1. The lowest BCUT2D eigenvalue weighted by atomic mass is 9.91. The van der Waals surface area contributed by atoms with Gasteiger partial charge in [-0.15, -0.1) is 0 Å². The monoisotopic (exact) mass is 296 g/mol. The maximum Gasteiger partial charge on any atom is 0.407 e. The number of ether oxygens (including phenoxy) is 1. The van der Waals surface area contributed by atoms with E-state index in [0.717, 1.165) is 0 Å². The van der Waals surface area contributed by atoms with Crippen molar-refractivity contribution in [3.8, 4) is 0 Å². The lowest BCUT2D eigenvalue weighted by Crippen LogP contribution is -2.52. The molecular formula is C12H19F3N2O3. The second kappa shape index (κ2) is 6.81. The van der Waals surface area contributed by atoms with Gasteiger partial charge in [-0.1, -0.05) is 0 Å². The molecule has 20 heavy (non-hydrogen) atoms. The fraction of sp³-hybridized carbons (Fsp3) is 0.833. The van der Waals surface area contributed by atoms with E-state index in [1.807, 2.05) is 0 Å². The van der Waals surface area contributed by atoms with E-state index in [0.29, 0.717) is 0 Å². The molecule has 0 saturated carbocycles. The number of amides is 2. The number of hydrogen-bond acceptors (Lipinski definition) is 3. The molecule has 0 aliphatic carbocycles. The molecule has 0 spiro atoms. The van der Waals surface area contributed by atoms with Gasteiger partial charge in [-0.05, 0) is 19.3 Å². The number of piperidine rings is 1. The van der Waals surface area contributed by atoms with Crippen LogP contribution in [-0.2, 0) is 9.53 Å². The highest BCUT2D eigenvalue weighted by Crippen LogP contribution is 2.30. The quantitative estimate of drug-likeness (QED) is 0.865. The lowest BCUT2D eigenvalue weighted by Gasteiger charge is -2.37. The number of alkyl halides is 3. The Balaban J connectivity index is 2.65. The minimum Gasteiger partial charge on any atom is -0.450 e. The number of carbonyl (C=O) groups is 2. The SMILES string of the molecule is CCOC(=O)NC1CC(CC(F)(F)F)CN(C(C)=O)C1. The number of nitrogens with one attached hydrogen (secondary N) is 1. The first-order chi connectivity index (χ1) is 9.21. The molecule has 0 aromatic rings. The van der Waals surface area contributed by atoms with Crippen molar-refractivity contribution >= 4 is 12.0 Å². The normalized spacial score (nSPS) is 23.4. The van der Waals surface area contributed by atoms with Crippen molar-refractivity contribution in [2.24, 2.45) is 5.92 Å². The van der Waals surface area contributed by atoms with Gasteiger partial charge in [-0.2, -0.15) is 13.2 Å². The van der Waals surface area contributed by atoms with Gasteiger partial charge < -0.3 is 15.0 Å². The molecule has 0 radical (unpaired) electrons. The Hall–Kier alpha value is -1.47. The molecule has 1 saturated heterocycles. The smallest absolute Gasteiger partial charge is 0.407 e. The fourth-order valence-electron chi connectivity index (χ4n) is 2.38. The molecule has 0 aromatic heterocycles. The third kappa shape index (κ3) is 5.66. The molecule has 1 heterocycles. The van der Waals surface area contributed by atoms with Gasteiger partial charge in [0.15, 0.2) is 0 Å². The van der Waals surface area contributed by atoms with Crippen LogP contribution in [0.1, 0.15) is 26.7 Å². The van der Waals surface area contributed by atoms with Crippen LogP contribution in [0.25, 0.3) is 0 Å². The van der Waals surface area contributed by atoms with E-state index in [-0.39, 0.29) is 32.0 Å². The van der Waals surface area contributed by atoms with Crippen LogP contribution in [-0.4, -0.2) is 48.8 Å². The highest BCUT2D eigenvalue weighted by Gasteiger charge is 2.37. The summed E-state index contributed by atoms with van der Waals surface area (Å²) in [6.07, 6.45) is -5.73. The maximum absolute atomic E-state index is 12.5. The van der Waals surface area contributed by atoms with Crippen molar-refractivity contribution in [3.05, 3.63) is 0 Å². The molecule has 2 unspecified atom stereocenters. The average molecular weight is 296 g/mol. The average Bonchev–Trinajstić information content (AvgIpc) is 2.26. The second-order valence-electron chi connectivity index (χ2n) is 4.91. The number of hydrogen-bond donors (Lipinski definition) is 1. The summed E-state index contributed by atoms with van der Waals surface area (Å²) in [5, 5.41) is 2.50. The molecule has 0 aromatic carbocycles. The summed E-state index contributed by atoms with van der Waals surface area (Å²) in [6, 6.07) is -0.515. The summed E-state index contributed by atoms with van der Waals surface area (Å²) in [7, 11) is 0. The highest BCUT2D eigenvalue weighted by molar-refractivity contribution is 5.73. The van der Waals surface area contributed by atoms with Gasteiger partial charge in [0, 0.05) is 26.4 Å². The van der Waals surface area contributed by atoms with Crippen molar-refractivity contribution in [2.75, 3.05) is 19.7 Å². The van der Waals surface area contributed by atoms with Gasteiger partial charge in [0.2, 0.25) is 5.91 Å². The minimum atomic E-state index is -4.28. The zero-order valence-corrected chi connectivity index (χ0v) is 11.5. The van der Waals surface area contributed by atoms with Crippen molar-refractivity contribution in [1.82, 2.24) is 10.2 Å². The predicted molar refractivity (Wildman–Crippen MR) is 65.0 cm³/mol. The second-order valence-corrected chi connectivity index (χ2v) is 4.91. The number of halogens is 3. The van der Waals surface area contributed by atoms with Crippen molar-refractivity contribution in [1.29, 1.82) is 0 Å². The lowest BCUT2D eigenvalue weighted by molar-refractivity contribution is -0.152. The molecule has 1 rings (SSSR count). The molecule has 5 nitrogen and oxygen atoms in total. The summed E-state index contributed by atoms with van der Waals surface area (Å²) in [4.78, 5) is 24.0. The maximum atomic E-state index is 12.5. The molecule has 1 fully saturated rings. The topological polar surface area (TPSA) is 58.6 Å². The Kier molecular flexibility index (Phi) is 5.64. The van der Waals surface area contributed by atoms with E-state index in [9.17, 15) is 22.8 Å². The molecule has 1 aliphatic heterocycles. The Bertz CT molecular complexity index is 360. The van der Waals surface area contributed by atoms with Crippen molar-refractivity contribution in [3.63, 3.8) is 0 Å². The van der Waals surface area contributed by atoms with Gasteiger partial charge in [0.25, 0.3) is 0 Å². The zero-order chi connectivity index (χ0) is 15.3. The first kappa shape index (κ1) is 16.6. The van der Waals surface area contributed by atoms with E-state index < -0.39 is 30.7 Å².